The van der Waals surface area contributed by atoms with Crippen LogP contribution in [0.1, 0.15) is 13.3 Å². The molecule has 2 nitrogen and oxygen atoms in total. The highest BCUT2D eigenvalue weighted by Gasteiger charge is 2.61. The first kappa shape index (κ1) is 10.2. The highest BCUT2D eigenvalue weighted by molar-refractivity contribution is 5.76. The highest BCUT2D eigenvalue weighted by atomic mass is 19.3. The van der Waals surface area contributed by atoms with E-state index in [4.69, 9.17) is 5.11 Å². The molecule has 0 aliphatic heterocycles. The lowest BCUT2D eigenvalue weighted by Crippen LogP contribution is -2.46. The maximum absolute atomic E-state index is 12.1. The molecule has 0 atom stereocenters. The van der Waals surface area contributed by atoms with Crippen LogP contribution in [0.5, 0.6) is 0 Å². The summed E-state index contributed by atoms with van der Waals surface area (Å²) in [6.45, 7) is 0.789. The van der Waals surface area contributed by atoms with Crippen molar-refractivity contribution in [3.05, 3.63) is 0 Å². The minimum absolute atomic E-state index is 0.789. The van der Waals surface area contributed by atoms with Gasteiger partial charge in [-0.3, -0.25) is 0 Å². The van der Waals surface area contributed by atoms with Gasteiger partial charge in [0.2, 0.25) is 0 Å². The van der Waals surface area contributed by atoms with Crippen molar-refractivity contribution in [1.82, 2.24) is 0 Å². The monoisotopic (exact) mass is 174 g/mol. The number of hydrogen-bond acceptors (Lipinski definition) is 1. The predicted octanol–water partition coefficient (Wildman–Crippen LogP) is 1.75. The zero-order valence-electron chi connectivity index (χ0n) is 5.57. The first-order valence-electron chi connectivity index (χ1n) is 2.74. The molecule has 0 fully saturated rings. The number of halogens is 4. The summed E-state index contributed by atoms with van der Waals surface area (Å²) >= 11 is 0. The number of carbonyl (C=O) groups is 1. The second kappa shape index (κ2) is 2.67. The van der Waals surface area contributed by atoms with Crippen LogP contribution in [0.15, 0.2) is 0 Å². The molecule has 0 aromatic carbocycles. The Morgan fingerprint density at radius 3 is 1.82 bits per heavy atom. The van der Waals surface area contributed by atoms with Crippen LogP contribution in [0, 0.1) is 0 Å². The molecule has 0 aromatic rings. The Kier molecular flexibility index (Phi) is 2.47. The zero-order valence-corrected chi connectivity index (χ0v) is 5.57. The summed E-state index contributed by atoms with van der Waals surface area (Å²) < 4.78 is 48.1. The molecule has 0 aliphatic rings. The number of carboxylic acid groups (broad SMARTS) is 1. The van der Waals surface area contributed by atoms with E-state index in [0.29, 0.717) is 0 Å². The van der Waals surface area contributed by atoms with Gasteiger partial charge in [0.25, 0.3) is 0 Å². The first-order chi connectivity index (χ1) is 4.75. The summed E-state index contributed by atoms with van der Waals surface area (Å²) in [6, 6.07) is 0. The lowest BCUT2D eigenvalue weighted by atomic mass is 10.1. The molecule has 66 valence electrons. The molecular weight excluding hydrogens is 168 g/mol. The lowest BCUT2D eigenvalue weighted by molar-refractivity contribution is -0.224. The standard InChI is InChI=1S/C5H6F4O2/c1-2-4(6,7)5(8,9)3(10)11/h2H2,1H3,(H,10,11). The Morgan fingerprint density at radius 2 is 1.73 bits per heavy atom. The van der Waals surface area contributed by atoms with Crippen LogP contribution in [0.3, 0.4) is 0 Å². The van der Waals surface area contributed by atoms with Gasteiger partial charge in [-0.1, -0.05) is 6.92 Å². The van der Waals surface area contributed by atoms with E-state index in [0.717, 1.165) is 6.92 Å². The minimum atomic E-state index is -4.97. The summed E-state index contributed by atoms with van der Waals surface area (Å²) in [5, 5.41) is 7.68. The van der Waals surface area contributed by atoms with E-state index in [-0.39, 0.29) is 0 Å². The largest absolute Gasteiger partial charge is 0.477 e. The zero-order chi connectivity index (χ0) is 9.28. The SMILES string of the molecule is CCC(F)(F)C(F)(F)C(=O)O. The fourth-order valence-electron chi connectivity index (χ4n) is 0.378. The molecule has 11 heavy (non-hydrogen) atoms. The van der Waals surface area contributed by atoms with Gasteiger partial charge in [-0.05, 0) is 0 Å². The molecule has 0 amide bonds. The van der Waals surface area contributed by atoms with Crippen molar-refractivity contribution < 1.29 is 27.5 Å². The van der Waals surface area contributed by atoms with Crippen LogP contribution >= 0.6 is 0 Å². The molecule has 0 heterocycles. The fourth-order valence-corrected chi connectivity index (χ4v) is 0.378. The fraction of sp³-hybridized carbons (Fsp3) is 0.800. The number of hydrogen-bond donors (Lipinski definition) is 1. The van der Waals surface area contributed by atoms with Crippen LogP contribution in [-0.2, 0) is 4.79 Å². The summed E-state index contributed by atoms with van der Waals surface area (Å²) in [4.78, 5) is 9.60. The van der Waals surface area contributed by atoms with Gasteiger partial charge < -0.3 is 5.11 Å². The number of carboxylic acids is 1. The van der Waals surface area contributed by atoms with Crippen molar-refractivity contribution in [2.75, 3.05) is 0 Å². The summed E-state index contributed by atoms with van der Waals surface area (Å²) in [5.41, 5.74) is 0. The molecule has 0 spiro atoms. The van der Waals surface area contributed by atoms with Crippen molar-refractivity contribution in [2.24, 2.45) is 0 Å². The van der Waals surface area contributed by atoms with Gasteiger partial charge in [0.1, 0.15) is 0 Å². The Labute approximate surface area is 59.8 Å². The van der Waals surface area contributed by atoms with E-state index in [1.807, 2.05) is 0 Å². The van der Waals surface area contributed by atoms with Crippen molar-refractivity contribution in [3.8, 4) is 0 Å². The summed E-state index contributed by atoms with van der Waals surface area (Å²) in [7, 11) is 0. The molecule has 0 rings (SSSR count). The number of rotatable bonds is 3. The Balaban J connectivity index is 4.67. The molecule has 0 unspecified atom stereocenters. The summed E-state index contributed by atoms with van der Waals surface area (Å²) in [6.07, 6.45) is -1.20. The van der Waals surface area contributed by atoms with Crippen molar-refractivity contribution in [3.63, 3.8) is 0 Å². The molecule has 0 saturated heterocycles. The van der Waals surface area contributed by atoms with Crippen LogP contribution in [-0.4, -0.2) is 22.9 Å². The third-order valence-electron chi connectivity index (χ3n) is 1.17. The third kappa shape index (κ3) is 1.61. The average Bonchev–Trinajstić information content (AvgIpc) is 1.87. The Hall–Kier alpha value is -0.810. The van der Waals surface area contributed by atoms with E-state index in [1.54, 1.807) is 0 Å². The van der Waals surface area contributed by atoms with Gasteiger partial charge in [0.05, 0.1) is 0 Å². The number of alkyl halides is 4. The molecule has 0 saturated carbocycles. The van der Waals surface area contributed by atoms with Crippen LogP contribution in [0.25, 0.3) is 0 Å². The van der Waals surface area contributed by atoms with E-state index in [2.05, 4.69) is 0 Å². The van der Waals surface area contributed by atoms with Crippen molar-refractivity contribution in [2.45, 2.75) is 25.2 Å². The van der Waals surface area contributed by atoms with E-state index >= 15 is 0 Å². The third-order valence-corrected chi connectivity index (χ3v) is 1.17. The topological polar surface area (TPSA) is 37.3 Å². The van der Waals surface area contributed by atoms with Gasteiger partial charge in [0, 0.05) is 6.42 Å². The van der Waals surface area contributed by atoms with E-state index in [9.17, 15) is 22.4 Å². The van der Waals surface area contributed by atoms with Gasteiger partial charge in [-0.15, -0.1) is 0 Å². The van der Waals surface area contributed by atoms with Crippen LogP contribution in [0.2, 0.25) is 0 Å². The predicted molar refractivity (Wildman–Crippen MR) is 27.8 cm³/mol. The maximum Gasteiger partial charge on any atom is 0.404 e. The first-order valence-corrected chi connectivity index (χ1v) is 2.74. The smallest absolute Gasteiger partial charge is 0.404 e. The van der Waals surface area contributed by atoms with Gasteiger partial charge in [-0.25, -0.2) is 4.79 Å². The van der Waals surface area contributed by atoms with E-state index in [1.165, 1.54) is 0 Å². The van der Waals surface area contributed by atoms with Crippen molar-refractivity contribution in [1.29, 1.82) is 0 Å². The molecule has 0 aromatic heterocycles. The average molecular weight is 174 g/mol. The molecule has 6 heteroatoms. The van der Waals surface area contributed by atoms with Gasteiger partial charge >= 0.3 is 17.8 Å². The van der Waals surface area contributed by atoms with Crippen LogP contribution in [0.4, 0.5) is 17.6 Å². The lowest BCUT2D eigenvalue weighted by Gasteiger charge is -2.20. The molecular formula is C5H6F4O2. The normalized spacial score (nSPS) is 13.2. The van der Waals surface area contributed by atoms with Gasteiger partial charge in [0.15, 0.2) is 0 Å². The van der Waals surface area contributed by atoms with Crippen LogP contribution < -0.4 is 0 Å². The van der Waals surface area contributed by atoms with Gasteiger partial charge in [-0.2, -0.15) is 17.6 Å². The highest BCUT2D eigenvalue weighted by Crippen LogP contribution is 2.36. The molecule has 1 N–H and O–H groups in total. The summed E-state index contributed by atoms with van der Waals surface area (Å²) in [5.74, 6) is -12.2. The second-order valence-electron chi connectivity index (χ2n) is 1.94. The second-order valence-corrected chi connectivity index (χ2v) is 1.94. The Morgan fingerprint density at radius 1 is 1.36 bits per heavy atom. The molecule has 0 aliphatic carbocycles. The molecule has 0 bridgehead atoms. The Bertz CT molecular complexity index is 166. The minimum Gasteiger partial charge on any atom is -0.477 e. The number of aliphatic carboxylic acids is 1. The van der Waals surface area contributed by atoms with Crippen molar-refractivity contribution >= 4 is 5.97 Å². The quantitative estimate of drug-likeness (QED) is 0.661. The molecule has 0 radical (unpaired) electrons. The maximum atomic E-state index is 12.1. The van der Waals surface area contributed by atoms with E-state index < -0.39 is 24.2 Å².